The van der Waals surface area contributed by atoms with Gasteiger partial charge in [0.25, 0.3) is 0 Å². The minimum absolute atomic E-state index is 0.0767. The van der Waals surface area contributed by atoms with E-state index in [0.717, 1.165) is 5.56 Å². The predicted octanol–water partition coefficient (Wildman–Crippen LogP) is 1.50. The molecule has 0 aliphatic carbocycles. The van der Waals surface area contributed by atoms with Crippen LogP contribution in [-0.4, -0.2) is 31.6 Å². The van der Waals surface area contributed by atoms with Gasteiger partial charge < -0.3 is 21.1 Å². The summed E-state index contributed by atoms with van der Waals surface area (Å²) < 4.78 is 4.85. The summed E-state index contributed by atoms with van der Waals surface area (Å²) in [6, 6.07) is 4.60. The molecule has 0 aliphatic rings. The van der Waals surface area contributed by atoms with Gasteiger partial charge in [-0.1, -0.05) is 19.9 Å². The van der Waals surface area contributed by atoms with Crippen molar-refractivity contribution in [3.05, 3.63) is 23.8 Å². The summed E-state index contributed by atoms with van der Waals surface area (Å²) in [5.74, 6) is -0.515. The Bertz CT molecular complexity index is 515. The molecule has 1 atom stereocenters. The Hall–Kier alpha value is -1.92. The topological polar surface area (TPSA) is 93.4 Å². The highest BCUT2D eigenvalue weighted by atomic mass is 16.5. The maximum Gasteiger partial charge on any atom is 0.243 e. The fourth-order valence-corrected chi connectivity index (χ4v) is 1.60. The number of ether oxygens (including phenoxy) is 1. The third kappa shape index (κ3) is 5.17. The van der Waals surface area contributed by atoms with Crippen LogP contribution in [0, 0.1) is 12.8 Å². The molecule has 116 valence electrons. The highest BCUT2D eigenvalue weighted by Gasteiger charge is 2.15. The third-order valence-electron chi connectivity index (χ3n) is 2.97. The van der Waals surface area contributed by atoms with Crippen LogP contribution in [0.2, 0.25) is 0 Å². The van der Waals surface area contributed by atoms with Gasteiger partial charge in [-0.15, -0.1) is 0 Å². The van der Waals surface area contributed by atoms with Gasteiger partial charge in [0.1, 0.15) is 6.04 Å². The number of nitrogens with one attached hydrogen (secondary N) is 2. The van der Waals surface area contributed by atoms with Crippen LogP contribution in [0.1, 0.15) is 19.4 Å². The van der Waals surface area contributed by atoms with Crippen LogP contribution < -0.4 is 16.4 Å². The molecule has 1 unspecified atom stereocenters. The Morgan fingerprint density at radius 3 is 2.48 bits per heavy atom. The van der Waals surface area contributed by atoms with Crippen molar-refractivity contribution >= 4 is 23.2 Å². The first kappa shape index (κ1) is 17.1. The third-order valence-corrected chi connectivity index (χ3v) is 2.97. The van der Waals surface area contributed by atoms with Gasteiger partial charge in [-0.25, -0.2) is 0 Å². The Morgan fingerprint density at radius 2 is 1.90 bits per heavy atom. The van der Waals surface area contributed by atoms with Crippen LogP contribution in [0.5, 0.6) is 0 Å². The fourth-order valence-electron chi connectivity index (χ4n) is 1.60. The quantitative estimate of drug-likeness (QED) is 0.741. The minimum Gasteiger partial charge on any atom is -0.383 e. The molecule has 0 saturated carbocycles. The Morgan fingerprint density at radius 1 is 1.24 bits per heavy atom. The first-order valence-corrected chi connectivity index (χ1v) is 6.82. The molecule has 0 heterocycles. The number of carbonyl (C=O) groups is 2. The highest BCUT2D eigenvalue weighted by molar-refractivity contribution is 5.97. The molecule has 1 aromatic carbocycles. The summed E-state index contributed by atoms with van der Waals surface area (Å²) in [5, 5.41) is 5.53. The second kappa shape index (κ2) is 7.75. The van der Waals surface area contributed by atoms with E-state index in [4.69, 9.17) is 10.5 Å². The molecule has 0 bridgehead atoms. The average Bonchev–Trinajstić information content (AvgIpc) is 2.42. The van der Waals surface area contributed by atoms with Crippen molar-refractivity contribution in [1.29, 1.82) is 0 Å². The standard InChI is InChI=1S/C15H23N3O3/c1-9(2)14(19)17-11-6-5-10(3)13(7-11)18-15(20)12(16)8-21-4/h5-7,9,12H,8,16H2,1-4H3,(H,17,19)(H,18,20). The van der Waals surface area contributed by atoms with Crippen molar-refractivity contribution in [3.63, 3.8) is 0 Å². The number of nitrogens with two attached hydrogens (primary N) is 1. The van der Waals surface area contributed by atoms with Crippen LogP contribution in [0.4, 0.5) is 11.4 Å². The lowest BCUT2D eigenvalue weighted by Crippen LogP contribution is -2.39. The molecule has 1 rings (SSSR count). The van der Waals surface area contributed by atoms with Crippen molar-refractivity contribution in [3.8, 4) is 0 Å². The molecule has 0 radical (unpaired) electrons. The lowest BCUT2D eigenvalue weighted by Gasteiger charge is -2.15. The van der Waals surface area contributed by atoms with Gasteiger partial charge in [-0.05, 0) is 24.6 Å². The molecular weight excluding hydrogens is 270 g/mol. The number of aryl methyl sites for hydroxylation is 1. The lowest BCUT2D eigenvalue weighted by molar-refractivity contribution is -0.119. The van der Waals surface area contributed by atoms with Crippen molar-refractivity contribution in [2.24, 2.45) is 11.7 Å². The zero-order valence-electron chi connectivity index (χ0n) is 12.9. The second-order valence-electron chi connectivity index (χ2n) is 5.22. The first-order valence-electron chi connectivity index (χ1n) is 6.82. The van der Waals surface area contributed by atoms with Gasteiger partial charge >= 0.3 is 0 Å². The van der Waals surface area contributed by atoms with Gasteiger partial charge in [0.15, 0.2) is 0 Å². The first-order chi connectivity index (χ1) is 9.85. The summed E-state index contributed by atoms with van der Waals surface area (Å²) in [4.78, 5) is 23.6. The average molecular weight is 293 g/mol. The van der Waals surface area contributed by atoms with Gasteiger partial charge in [-0.3, -0.25) is 9.59 Å². The van der Waals surface area contributed by atoms with Crippen molar-refractivity contribution in [1.82, 2.24) is 0 Å². The highest BCUT2D eigenvalue weighted by Crippen LogP contribution is 2.21. The Kier molecular flexibility index (Phi) is 6.33. The van der Waals surface area contributed by atoms with E-state index in [0.29, 0.717) is 11.4 Å². The van der Waals surface area contributed by atoms with E-state index in [1.54, 1.807) is 12.1 Å². The van der Waals surface area contributed by atoms with E-state index in [2.05, 4.69) is 10.6 Å². The summed E-state index contributed by atoms with van der Waals surface area (Å²) in [7, 11) is 1.49. The molecule has 0 spiro atoms. The molecule has 0 fully saturated rings. The van der Waals surface area contributed by atoms with E-state index in [1.165, 1.54) is 7.11 Å². The summed E-state index contributed by atoms with van der Waals surface area (Å²) >= 11 is 0. The van der Waals surface area contributed by atoms with E-state index in [-0.39, 0.29) is 24.3 Å². The number of amides is 2. The number of benzene rings is 1. The molecule has 6 heteroatoms. The zero-order chi connectivity index (χ0) is 16.0. The monoisotopic (exact) mass is 293 g/mol. The zero-order valence-corrected chi connectivity index (χ0v) is 12.9. The number of rotatable bonds is 6. The van der Waals surface area contributed by atoms with E-state index >= 15 is 0 Å². The van der Waals surface area contributed by atoms with Crippen LogP contribution in [0.15, 0.2) is 18.2 Å². The Labute approximate surface area is 125 Å². The summed E-state index contributed by atoms with van der Waals surface area (Å²) in [6.07, 6.45) is 0. The number of methoxy groups -OCH3 is 1. The smallest absolute Gasteiger partial charge is 0.243 e. The van der Waals surface area contributed by atoms with Crippen LogP contribution in [0.3, 0.4) is 0 Å². The number of hydrogen-bond donors (Lipinski definition) is 3. The molecule has 0 aromatic heterocycles. The lowest BCUT2D eigenvalue weighted by atomic mass is 10.1. The predicted molar refractivity (Wildman–Crippen MR) is 83.1 cm³/mol. The molecular formula is C15H23N3O3. The van der Waals surface area contributed by atoms with Gasteiger partial charge in [0.05, 0.1) is 6.61 Å². The van der Waals surface area contributed by atoms with E-state index < -0.39 is 6.04 Å². The van der Waals surface area contributed by atoms with Crippen LogP contribution in [-0.2, 0) is 14.3 Å². The normalized spacial score (nSPS) is 12.1. The van der Waals surface area contributed by atoms with E-state index in [1.807, 2.05) is 26.8 Å². The molecule has 0 aliphatic heterocycles. The Balaban J connectivity index is 2.83. The van der Waals surface area contributed by atoms with Crippen molar-refractivity contribution in [2.75, 3.05) is 24.4 Å². The largest absolute Gasteiger partial charge is 0.383 e. The molecule has 1 aromatic rings. The molecule has 21 heavy (non-hydrogen) atoms. The van der Waals surface area contributed by atoms with Crippen LogP contribution in [0.25, 0.3) is 0 Å². The van der Waals surface area contributed by atoms with Crippen molar-refractivity contribution < 1.29 is 14.3 Å². The van der Waals surface area contributed by atoms with Gasteiger partial charge in [0, 0.05) is 24.4 Å². The number of anilines is 2. The fraction of sp³-hybridized carbons (Fsp3) is 0.467. The summed E-state index contributed by atoms with van der Waals surface area (Å²) in [6.45, 7) is 5.64. The second-order valence-corrected chi connectivity index (χ2v) is 5.22. The van der Waals surface area contributed by atoms with Crippen LogP contribution >= 0.6 is 0 Å². The van der Waals surface area contributed by atoms with Crippen molar-refractivity contribution in [2.45, 2.75) is 26.8 Å². The van der Waals surface area contributed by atoms with E-state index in [9.17, 15) is 9.59 Å². The maximum atomic E-state index is 11.9. The summed E-state index contributed by atoms with van der Waals surface area (Å²) in [5.41, 5.74) is 7.81. The molecule has 6 nitrogen and oxygen atoms in total. The molecule has 0 saturated heterocycles. The minimum atomic E-state index is -0.733. The maximum absolute atomic E-state index is 11.9. The molecule has 4 N–H and O–H groups in total. The number of hydrogen-bond acceptors (Lipinski definition) is 4. The SMILES string of the molecule is COCC(N)C(=O)Nc1cc(NC(=O)C(C)C)ccc1C. The number of carbonyl (C=O) groups excluding carboxylic acids is 2. The van der Waals surface area contributed by atoms with Gasteiger partial charge in [0.2, 0.25) is 11.8 Å². The molecule has 2 amide bonds. The van der Waals surface area contributed by atoms with Gasteiger partial charge in [-0.2, -0.15) is 0 Å².